The standard InChI is InChI=1S/C18H25NO6/c1-11(20)19-14-16(22-9-12-7-5-4-6-8-12)15-13(24-17(14)21)10-23-18(2,3)25-15/h4-8,13-17,21H,9-10H2,1-3H3,(H,19,20)/t13-,14-,15-,16-,17+/m1/s1. The van der Waals surface area contributed by atoms with Crippen molar-refractivity contribution in [3.8, 4) is 0 Å². The van der Waals surface area contributed by atoms with Crippen molar-refractivity contribution in [2.45, 2.75) is 63.8 Å². The van der Waals surface area contributed by atoms with Crippen LogP contribution in [-0.4, -0.2) is 54.1 Å². The highest BCUT2D eigenvalue weighted by molar-refractivity contribution is 5.73. The molecule has 5 atom stereocenters. The zero-order chi connectivity index (χ0) is 18.0. The number of nitrogens with one attached hydrogen (secondary N) is 1. The fourth-order valence-corrected chi connectivity index (χ4v) is 3.19. The fourth-order valence-electron chi connectivity index (χ4n) is 3.19. The number of rotatable bonds is 4. The molecule has 0 radical (unpaired) electrons. The number of ether oxygens (including phenoxy) is 4. The number of hydrogen-bond donors (Lipinski definition) is 2. The third-order valence-corrected chi connectivity index (χ3v) is 4.34. The molecule has 138 valence electrons. The first-order chi connectivity index (χ1) is 11.9. The van der Waals surface area contributed by atoms with Crippen molar-refractivity contribution < 1.29 is 28.8 Å². The van der Waals surface area contributed by atoms with Crippen LogP contribution in [-0.2, 0) is 30.3 Å². The number of aliphatic hydroxyl groups excluding tert-OH is 1. The normalized spacial score (nSPS) is 34.2. The minimum absolute atomic E-state index is 0.272. The van der Waals surface area contributed by atoms with Gasteiger partial charge in [0.15, 0.2) is 12.1 Å². The van der Waals surface area contributed by atoms with Crippen molar-refractivity contribution in [2.24, 2.45) is 0 Å². The Labute approximate surface area is 147 Å². The van der Waals surface area contributed by atoms with E-state index in [1.165, 1.54) is 6.92 Å². The van der Waals surface area contributed by atoms with E-state index in [9.17, 15) is 9.90 Å². The molecular weight excluding hydrogens is 326 g/mol. The average molecular weight is 351 g/mol. The summed E-state index contributed by atoms with van der Waals surface area (Å²) in [6.07, 6.45) is -2.69. The molecule has 1 aromatic rings. The minimum Gasteiger partial charge on any atom is -0.368 e. The Hall–Kier alpha value is -1.51. The van der Waals surface area contributed by atoms with Crippen LogP contribution < -0.4 is 5.32 Å². The van der Waals surface area contributed by atoms with E-state index in [-0.39, 0.29) is 12.5 Å². The van der Waals surface area contributed by atoms with Gasteiger partial charge in [0.25, 0.3) is 0 Å². The van der Waals surface area contributed by atoms with Gasteiger partial charge < -0.3 is 29.4 Å². The molecule has 2 N–H and O–H groups in total. The van der Waals surface area contributed by atoms with Gasteiger partial charge in [0.1, 0.15) is 24.4 Å². The lowest BCUT2D eigenvalue weighted by Gasteiger charge is -2.50. The summed E-state index contributed by atoms with van der Waals surface area (Å²) in [5.74, 6) is -1.06. The van der Waals surface area contributed by atoms with E-state index in [1.807, 2.05) is 44.2 Å². The Balaban J connectivity index is 1.80. The maximum absolute atomic E-state index is 11.6. The fraction of sp³-hybridized carbons (Fsp3) is 0.611. The van der Waals surface area contributed by atoms with Crippen LogP contribution in [0, 0.1) is 0 Å². The number of benzene rings is 1. The van der Waals surface area contributed by atoms with Gasteiger partial charge in [-0.1, -0.05) is 30.3 Å². The van der Waals surface area contributed by atoms with E-state index in [0.29, 0.717) is 6.61 Å². The Morgan fingerprint density at radius 3 is 2.76 bits per heavy atom. The molecule has 7 heteroatoms. The SMILES string of the molecule is CC(=O)N[C@@H]1[C@@H](OCc2ccccc2)[C@@H]2OC(C)(C)OC[C@H]2O[C@@H]1O. The molecule has 2 fully saturated rings. The summed E-state index contributed by atoms with van der Waals surface area (Å²) in [6, 6.07) is 8.97. The Morgan fingerprint density at radius 1 is 1.36 bits per heavy atom. The first-order valence-electron chi connectivity index (χ1n) is 8.44. The Morgan fingerprint density at radius 2 is 2.08 bits per heavy atom. The van der Waals surface area contributed by atoms with Crippen molar-refractivity contribution in [3.63, 3.8) is 0 Å². The van der Waals surface area contributed by atoms with E-state index in [4.69, 9.17) is 18.9 Å². The van der Waals surface area contributed by atoms with Gasteiger partial charge in [-0.15, -0.1) is 0 Å². The molecule has 25 heavy (non-hydrogen) atoms. The van der Waals surface area contributed by atoms with Crippen LogP contribution in [0.2, 0.25) is 0 Å². The average Bonchev–Trinajstić information content (AvgIpc) is 2.55. The van der Waals surface area contributed by atoms with Crippen molar-refractivity contribution in [1.82, 2.24) is 5.32 Å². The predicted octanol–water partition coefficient (Wildman–Crippen LogP) is 0.945. The van der Waals surface area contributed by atoms with E-state index in [2.05, 4.69) is 5.32 Å². The number of carbonyl (C=O) groups is 1. The number of aliphatic hydroxyl groups is 1. The molecule has 2 saturated heterocycles. The molecule has 1 amide bonds. The molecular formula is C18H25NO6. The molecule has 0 unspecified atom stereocenters. The van der Waals surface area contributed by atoms with Crippen LogP contribution in [0.15, 0.2) is 30.3 Å². The molecule has 2 aliphatic rings. The molecule has 1 aromatic carbocycles. The summed E-state index contributed by atoms with van der Waals surface area (Å²) >= 11 is 0. The summed E-state index contributed by atoms with van der Waals surface area (Å²) < 4.78 is 23.3. The van der Waals surface area contributed by atoms with E-state index < -0.39 is 36.4 Å². The summed E-state index contributed by atoms with van der Waals surface area (Å²) in [5.41, 5.74) is 0.993. The van der Waals surface area contributed by atoms with Crippen LogP contribution in [0.25, 0.3) is 0 Å². The highest BCUT2D eigenvalue weighted by Gasteiger charge is 2.51. The Bertz CT molecular complexity index is 592. The molecule has 0 spiro atoms. The van der Waals surface area contributed by atoms with Gasteiger partial charge >= 0.3 is 0 Å². The largest absolute Gasteiger partial charge is 0.368 e. The molecule has 0 aromatic heterocycles. The zero-order valence-electron chi connectivity index (χ0n) is 14.7. The van der Waals surface area contributed by atoms with Crippen LogP contribution in [0.1, 0.15) is 26.3 Å². The zero-order valence-corrected chi connectivity index (χ0v) is 14.7. The lowest BCUT2D eigenvalue weighted by molar-refractivity contribution is -0.368. The number of carbonyl (C=O) groups excluding carboxylic acids is 1. The number of amides is 1. The van der Waals surface area contributed by atoms with Gasteiger partial charge in [0.2, 0.25) is 5.91 Å². The van der Waals surface area contributed by atoms with Gasteiger partial charge in [-0.2, -0.15) is 0 Å². The van der Waals surface area contributed by atoms with Crippen LogP contribution >= 0.6 is 0 Å². The van der Waals surface area contributed by atoms with Crippen LogP contribution in [0.4, 0.5) is 0 Å². The van der Waals surface area contributed by atoms with Gasteiger partial charge in [-0.3, -0.25) is 4.79 Å². The van der Waals surface area contributed by atoms with E-state index in [1.54, 1.807) is 0 Å². The summed E-state index contributed by atoms with van der Waals surface area (Å²) in [6.45, 7) is 5.64. The quantitative estimate of drug-likeness (QED) is 0.840. The smallest absolute Gasteiger partial charge is 0.217 e. The number of hydrogen-bond acceptors (Lipinski definition) is 6. The van der Waals surface area contributed by atoms with Crippen molar-refractivity contribution in [1.29, 1.82) is 0 Å². The van der Waals surface area contributed by atoms with Gasteiger partial charge in [-0.05, 0) is 19.4 Å². The van der Waals surface area contributed by atoms with Gasteiger partial charge in [0.05, 0.1) is 13.2 Å². The molecule has 0 aliphatic carbocycles. The second-order valence-electron chi connectivity index (χ2n) is 6.85. The topological polar surface area (TPSA) is 86.3 Å². The number of fused-ring (bicyclic) bond motifs is 1. The molecule has 0 bridgehead atoms. The summed E-state index contributed by atoms with van der Waals surface area (Å²) in [7, 11) is 0. The Kier molecular flexibility index (Phi) is 5.41. The third-order valence-electron chi connectivity index (χ3n) is 4.34. The highest BCUT2D eigenvalue weighted by Crippen LogP contribution is 2.33. The second kappa shape index (κ2) is 7.39. The second-order valence-corrected chi connectivity index (χ2v) is 6.85. The van der Waals surface area contributed by atoms with Crippen LogP contribution in [0.5, 0.6) is 0 Å². The lowest BCUT2D eigenvalue weighted by atomic mass is 9.95. The minimum atomic E-state index is -1.20. The molecule has 0 saturated carbocycles. The monoisotopic (exact) mass is 351 g/mol. The van der Waals surface area contributed by atoms with Crippen molar-refractivity contribution >= 4 is 5.91 Å². The maximum Gasteiger partial charge on any atom is 0.217 e. The van der Waals surface area contributed by atoms with Gasteiger partial charge in [0, 0.05) is 6.92 Å². The molecule has 2 aliphatic heterocycles. The lowest BCUT2D eigenvalue weighted by Crippen LogP contribution is -2.68. The maximum atomic E-state index is 11.6. The first kappa shape index (κ1) is 18.3. The molecule has 3 rings (SSSR count). The van der Waals surface area contributed by atoms with Crippen molar-refractivity contribution in [3.05, 3.63) is 35.9 Å². The molecule has 7 nitrogen and oxygen atoms in total. The first-order valence-corrected chi connectivity index (χ1v) is 8.44. The summed E-state index contributed by atoms with van der Waals surface area (Å²) in [5, 5.41) is 13.0. The van der Waals surface area contributed by atoms with E-state index in [0.717, 1.165) is 5.56 Å². The van der Waals surface area contributed by atoms with Crippen molar-refractivity contribution in [2.75, 3.05) is 6.61 Å². The third kappa shape index (κ3) is 4.37. The highest BCUT2D eigenvalue weighted by atomic mass is 16.7. The summed E-state index contributed by atoms with van der Waals surface area (Å²) in [4.78, 5) is 11.6. The van der Waals surface area contributed by atoms with E-state index >= 15 is 0 Å². The predicted molar refractivity (Wildman–Crippen MR) is 88.4 cm³/mol. The molecule has 2 heterocycles. The van der Waals surface area contributed by atoms with Crippen LogP contribution in [0.3, 0.4) is 0 Å². The van der Waals surface area contributed by atoms with Gasteiger partial charge in [-0.25, -0.2) is 0 Å².